The second-order valence-corrected chi connectivity index (χ2v) is 5.42. The maximum atomic E-state index is 5.80. The maximum absolute atomic E-state index is 5.80. The number of hydrogen-bond acceptors (Lipinski definition) is 2. The van der Waals surface area contributed by atoms with E-state index in [-0.39, 0.29) is 0 Å². The van der Waals surface area contributed by atoms with E-state index in [2.05, 4.69) is 38.1 Å². The first kappa shape index (κ1) is 13.4. The Hall–Kier alpha value is -1.02. The Labute approximate surface area is 110 Å². The molecule has 0 radical (unpaired) electrons. The molecule has 0 aromatic heterocycles. The Balaban J connectivity index is 1.72. The molecule has 1 aliphatic rings. The van der Waals surface area contributed by atoms with Crippen molar-refractivity contribution in [1.82, 2.24) is 0 Å². The lowest BCUT2D eigenvalue weighted by Gasteiger charge is -2.21. The summed E-state index contributed by atoms with van der Waals surface area (Å²) in [5, 5.41) is 0. The summed E-state index contributed by atoms with van der Waals surface area (Å²) >= 11 is 0. The largest absolute Gasteiger partial charge is 0.494 e. The molecule has 2 rings (SSSR count). The Morgan fingerprint density at radius 3 is 2.44 bits per heavy atom. The van der Waals surface area contributed by atoms with Crippen molar-refractivity contribution in [2.24, 2.45) is 5.92 Å². The van der Waals surface area contributed by atoms with Crippen molar-refractivity contribution < 1.29 is 9.47 Å². The molecule has 0 unspecified atom stereocenters. The quantitative estimate of drug-likeness (QED) is 0.784. The zero-order valence-electron chi connectivity index (χ0n) is 11.5. The Morgan fingerprint density at radius 2 is 1.83 bits per heavy atom. The van der Waals surface area contributed by atoms with E-state index in [0.717, 1.165) is 37.9 Å². The lowest BCUT2D eigenvalue weighted by Crippen LogP contribution is -2.17. The van der Waals surface area contributed by atoms with E-state index in [1.165, 1.54) is 18.4 Å². The van der Waals surface area contributed by atoms with Gasteiger partial charge in [0.25, 0.3) is 0 Å². The van der Waals surface area contributed by atoms with Gasteiger partial charge >= 0.3 is 0 Å². The molecule has 18 heavy (non-hydrogen) atoms. The number of benzene rings is 1. The van der Waals surface area contributed by atoms with Crippen LogP contribution >= 0.6 is 0 Å². The highest BCUT2D eigenvalue weighted by Crippen LogP contribution is 2.21. The smallest absolute Gasteiger partial charge is 0.119 e. The van der Waals surface area contributed by atoms with Crippen molar-refractivity contribution in [3.63, 3.8) is 0 Å². The van der Waals surface area contributed by atoms with E-state index >= 15 is 0 Å². The SMILES string of the molecule is CC(C)c1ccc(OCCC2CCOCC2)cc1. The zero-order valence-corrected chi connectivity index (χ0v) is 11.5. The van der Waals surface area contributed by atoms with Gasteiger partial charge in [-0.05, 0) is 48.8 Å². The molecule has 1 heterocycles. The average molecular weight is 248 g/mol. The molecule has 2 nitrogen and oxygen atoms in total. The summed E-state index contributed by atoms with van der Waals surface area (Å²) in [7, 11) is 0. The summed E-state index contributed by atoms with van der Waals surface area (Å²) in [4.78, 5) is 0. The molecule has 0 amide bonds. The topological polar surface area (TPSA) is 18.5 Å². The van der Waals surface area contributed by atoms with Crippen LogP contribution < -0.4 is 4.74 Å². The van der Waals surface area contributed by atoms with Crippen LogP contribution in [-0.2, 0) is 4.74 Å². The predicted molar refractivity (Wildman–Crippen MR) is 74.2 cm³/mol. The first-order valence-electron chi connectivity index (χ1n) is 7.06. The lowest BCUT2D eigenvalue weighted by molar-refractivity contribution is 0.0593. The van der Waals surface area contributed by atoms with Crippen molar-refractivity contribution in [3.05, 3.63) is 29.8 Å². The van der Waals surface area contributed by atoms with Gasteiger partial charge < -0.3 is 9.47 Å². The molecule has 0 N–H and O–H groups in total. The molecule has 0 spiro atoms. The second kappa shape index (κ2) is 6.79. The minimum absolute atomic E-state index is 0.585. The number of rotatable bonds is 5. The molecule has 1 aliphatic heterocycles. The molecule has 0 aliphatic carbocycles. The highest BCUT2D eigenvalue weighted by atomic mass is 16.5. The van der Waals surface area contributed by atoms with Crippen LogP contribution in [0.2, 0.25) is 0 Å². The third kappa shape index (κ3) is 4.02. The van der Waals surface area contributed by atoms with Crippen LogP contribution in [0.25, 0.3) is 0 Å². The lowest BCUT2D eigenvalue weighted by atomic mass is 9.97. The van der Waals surface area contributed by atoms with Crippen LogP contribution in [0.3, 0.4) is 0 Å². The van der Waals surface area contributed by atoms with Crippen molar-refractivity contribution in [2.75, 3.05) is 19.8 Å². The van der Waals surface area contributed by atoms with Crippen LogP contribution in [0.15, 0.2) is 24.3 Å². The molecule has 1 saturated heterocycles. The number of hydrogen-bond donors (Lipinski definition) is 0. The van der Waals surface area contributed by atoms with Crippen molar-refractivity contribution in [3.8, 4) is 5.75 Å². The highest BCUT2D eigenvalue weighted by molar-refractivity contribution is 5.28. The number of ether oxygens (including phenoxy) is 2. The van der Waals surface area contributed by atoms with E-state index < -0.39 is 0 Å². The molecular weight excluding hydrogens is 224 g/mol. The fourth-order valence-electron chi connectivity index (χ4n) is 2.33. The van der Waals surface area contributed by atoms with E-state index in [1.54, 1.807) is 0 Å². The van der Waals surface area contributed by atoms with E-state index in [9.17, 15) is 0 Å². The molecule has 100 valence electrons. The van der Waals surface area contributed by atoms with Gasteiger partial charge in [-0.15, -0.1) is 0 Å². The first-order chi connectivity index (χ1) is 8.75. The van der Waals surface area contributed by atoms with Crippen LogP contribution in [0.5, 0.6) is 5.75 Å². The third-order valence-corrected chi connectivity index (χ3v) is 3.68. The van der Waals surface area contributed by atoms with Gasteiger partial charge in [0.05, 0.1) is 6.61 Å². The second-order valence-electron chi connectivity index (χ2n) is 5.42. The summed E-state index contributed by atoms with van der Waals surface area (Å²) in [6.45, 7) is 7.09. The third-order valence-electron chi connectivity index (χ3n) is 3.68. The molecule has 1 aromatic carbocycles. The van der Waals surface area contributed by atoms with Gasteiger partial charge in [-0.25, -0.2) is 0 Å². The molecular formula is C16H24O2. The van der Waals surface area contributed by atoms with Crippen LogP contribution in [0.1, 0.15) is 44.6 Å². The minimum Gasteiger partial charge on any atom is -0.494 e. The fraction of sp³-hybridized carbons (Fsp3) is 0.625. The molecule has 1 aromatic rings. The Kier molecular flexibility index (Phi) is 5.06. The monoisotopic (exact) mass is 248 g/mol. The van der Waals surface area contributed by atoms with Gasteiger partial charge in [-0.2, -0.15) is 0 Å². The van der Waals surface area contributed by atoms with Crippen molar-refractivity contribution in [1.29, 1.82) is 0 Å². The summed E-state index contributed by atoms with van der Waals surface area (Å²) in [5.74, 6) is 2.36. The van der Waals surface area contributed by atoms with Crippen LogP contribution in [0.4, 0.5) is 0 Å². The van der Waals surface area contributed by atoms with Crippen LogP contribution in [-0.4, -0.2) is 19.8 Å². The van der Waals surface area contributed by atoms with Gasteiger partial charge in [0.1, 0.15) is 5.75 Å². The fourth-order valence-corrected chi connectivity index (χ4v) is 2.33. The molecule has 0 saturated carbocycles. The van der Waals surface area contributed by atoms with Crippen molar-refractivity contribution in [2.45, 2.75) is 39.0 Å². The van der Waals surface area contributed by atoms with Crippen LogP contribution in [0, 0.1) is 5.92 Å². The standard InChI is InChI=1S/C16H24O2/c1-13(2)15-3-5-16(6-4-15)18-12-9-14-7-10-17-11-8-14/h3-6,13-14H,7-12H2,1-2H3. The normalized spacial score (nSPS) is 17.1. The summed E-state index contributed by atoms with van der Waals surface area (Å²) < 4.78 is 11.2. The Morgan fingerprint density at radius 1 is 1.17 bits per heavy atom. The van der Waals surface area contributed by atoms with Gasteiger partial charge in [0.2, 0.25) is 0 Å². The average Bonchev–Trinajstić information content (AvgIpc) is 2.40. The minimum atomic E-state index is 0.585. The summed E-state index contributed by atoms with van der Waals surface area (Å²) in [6.07, 6.45) is 3.53. The molecule has 0 bridgehead atoms. The van der Waals surface area contributed by atoms with E-state index in [1.807, 2.05) is 0 Å². The predicted octanol–water partition coefficient (Wildman–Crippen LogP) is 4.01. The van der Waals surface area contributed by atoms with Gasteiger partial charge in [-0.1, -0.05) is 26.0 Å². The van der Waals surface area contributed by atoms with E-state index in [0.29, 0.717) is 5.92 Å². The van der Waals surface area contributed by atoms with Gasteiger partial charge in [-0.3, -0.25) is 0 Å². The highest BCUT2D eigenvalue weighted by Gasteiger charge is 2.13. The summed E-state index contributed by atoms with van der Waals surface area (Å²) in [5.41, 5.74) is 1.37. The Bertz CT molecular complexity index is 337. The molecule has 2 heteroatoms. The zero-order chi connectivity index (χ0) is 12.8. The molecule has 1 fully saturated rings. The maximum Gasteiger partial charge on any atom is 0.119 e. The van der Waals surface area contributed by atoms with E-state index in [4.69, 9.17) is 9.47 Å². The molecule has 0 atom stereocenters. The van der Waals surface area contributed by atoms with Gasteiger partial charge in [0, 0.05) is 13.2 Å². The van der Waals surface area contributed by atoms with Gasteiger partial charge in [0.15, 0.2) is 0 Å². The van der Waals surface area contributed by atoms with Crippen molar-refractivity contribution >= 4 is 0 Å². The summed E-state index contributed by atoms with van der Waals surface area (Å²) in [6, 6.07) is 8.49. The first-order valence-corrected chi connectivity index (χ1v) is 7.06.